The Hall–Kier alpha value is -7.19. The van der Waals surface area contributed by atoms with Gasteiger partial charge in [0.05, 0.1) is 51.6 Å². The lowest BCUT2D eigenvalue weighted by molar-refractivity contribution is -0.144. The van der Waals surface area contributed by atoms with Gasteiger partial charge in [0.1, 0.15) is 40.9 Å². The number of aliphatic hydroxyl groups excluding tert-OH is 1. The van der Waals surface area contributed by atoms with Gasteiger partial charge in [-0.1, -0.05) is 69.5 Å². The number of nitrogens with one attached hydrogen (secondary N) is 5. The van der Waals surface area contributed by atoms with E-state index in [1.54, 1.807) is 18.4 Å². The third-order valence-electron chi connectivity index (χ3n) is 14.2. The summed E-state index contributed by atoms with van der Waals surface area (Å²) in [5.41, 5.74) is 8.75. The van der Waals surface area contributed by atoms with Gasteiger partial charge >= 0.3 is 0 Å². The number of anilines is 2. The molecule has 6 heterocycles. The molecule has 0 radical (unpaired) electrons. The van der Waals surface area contributed by atoms with Gasteiger partial charge in [-0.05, 0) is 82.1 Å². The lowest BCUT2D eigenvalue weighted by Crippen LogP contribution is -2.57. The zero-order valence-corrected chi connectivity index (χ0v) is 44.9. The quantitative estimate of drug-likeness (QED) is 0.0370. The topological polar surface area (TPSA) is 247 Å². The molecule has 2 aromatic carbocycles. The fourth-order valence-electron chi connectivity index (χ4n) is 9.96. The number of aromatic nitrogens is 7. The van der Waals surface area contributed by atoms with Crippen LogP contribution in [0.1, 0.15) is 130 Å². The molecule has 396 valence electrons. The van der Waals surface area contributed by atoms with Crippen LogP contribution in [0.3, 0.4) is 0 Å². The summed E-state index contributed by atoms with van der Waals surface area (Å²) in [6, 6.07) is 12.1. The number of ether oxygens (including phenoxy) is 1. The summed E-state index contributed by atoms with van der Waals surface area (Å²) in [5.74, 6) is 1.57. The number of thiazole rings is 1. The second kappa shape index (κ2) is 22.3. The van der Waals surface area contributed by atoms with E-state index < -0.39 is 35.4 Å². The molecule has 20 heteroatoms. The number of nitrogens with zero attached hydrogens (tertiary/aromatic N) is 7. The molecule has 1 aliphatic carbocycles. The van der Waals surface area contributed by atoms with Crippen molar-refractivity contribution in [3.8, 4) is 27.3 Å². The number of H-pyrrole nitrogens is 1. The largest absolute Gasteiger partial charge is 0.496 e. The van der Waals surface area contributed by atoms with Crippen molar-refractivity contribution in [3.05, 3.63) is 82.2 Å². The molecule has 9 rings (SSSR count). The first-order valence-electron chi connectivity index (χ1n) is 26.0. The second-order valence-corrected chi connectivity index (χ2v) is 21.8. The van der Waals surface area contributed by atoms with Crippen molar-refractivity contribution in [2.75, 3.05) is 25.5 Å². The van der Waals surface area contributed by atoms with Crippen molar-refractivity contribution in [2.24, 2.45) is 5.41 Å². The van der Waals surface area contributed by atoms with Crippen LogP contribution in [0, 0.1) is 26.2 Å². The number of carbonyl (C=O) groups excluding carboxylic acids is 4. The SMILES string of the molecule is CCn1nc(C2CC2)cc1Nc1nc(C(=O)NCCCCCCCC(=O)N[C@H](C(=O)N2C[C@H](O)C[C@H]2C(=O)NCc2ccc(-c3scnc3C)cc2)C(C)(C)C)nc2[nH]c3cc(-c4c(C)noc4C)c(OC)cc3c12. The number of hydrogen-bond donors (Lipinski definition) is 6. The molecule has 4 amide bonds. The molecule has 5 aromatic heterocycles. The predicted octanol–water partition coefficient (Wildman–Crippen LogP) is 8.54. The normalized spacial score (nSPS) is 16.1. The Kier molecular flexibility index (Phi) is 15.7. The number of hydrogen-bond acceptors (Lipinski definition) is 14. The van der Waals surface area contributed by atoms with Crippen LogP contribution in [0.5, 0.6) is 5.75 Å². The van der Waals surface area contributed by atoms with Crippen molar-refractivity contribution in [3.63, 3.8) is 0 Å². The fraction of sp³-hybridized carbons (Fsp3) is 0.473. The highest BCUT2D eigenvalue weighted by molar-refractivity contribution is 7.13. The molecule has 1 saturated heterocycles. The zero-order valence-electron chi connectivity index (χ0n) is 44.1. The van der Waals surface area contributed by atoms with Crippen molar-refractivity contribution in [1.29, 1.82) is 0 Å². The van der Waals surface area contributed by atoms with Crippen LogP contribution in [0.25, 0.3) is 43.5 Å². The standard InChI is InChI=1S/C55H68N12O7S/c1-9-67-43(26-39(64-67)34-20-21-34)60-50-46-37-25-42(73-8)38(45-30(2)65-74-32(45)4)24-40(37)59-49(46)62-51(63-50)53(71)56-22-14-12-10-11-13-15-44(69)61-48(55(5,6)7)54(72)66-28-36(68)23-41(66)52(70)57-27-33-16-18-35(19-17-33)47-31(3)58-29-75-47/h16-19,24-26,29,34,36,41,48,68H,9-15,20-23,27-28H2,1-8H3,(H,56,71)(H,57,70)(H,61,69)(H2,59,60,62,63)/t36-,41+,48-/m1/s1. The van der Waals surface area contributed by atoms with Gasteiger partial charge in [-0.15, -0.1) is 11.3 Å². The third-order valence-corrected chi connectivity index (χ3v) is 15.2. The summed E-state index contributed by atoms with van der Waals surface area (Å²) in [5, 5.41) is 33.6. The van der Waals surface area contributed by atoms with Gasteiger partial charge in [0.2, 0.25) is 23.5 Å². The van der Waals surface area contributed by atoms with E-state index in [4.69, 9.17) is 24.3 Å². The van der Waals surface area contributed by atoms with Crippen LogP contribution >= 0.6 is 11.3 Å². The number of β-amino-alcohol motifs (C(OH)–C–C–N with tert-alkyl or cyclic N) is 1. The van der Waals surface area contributed by atoms with E-state index in [1.165, 1.54) is 4.90 Å². The van der Waals surface area contributed by atoms with Gasteiger partial charge in [-0.3, -0.25) is 19.2 Å². The molecular formula is C55H68N12O7S. The van der Waals surface area contributed by atoms with Gasteiger partial charge in [-0.25, -0.2) is 19.6 Å². The monoisotopic (exact) mass is 1040 g/mol. The lowest BCUT2D eigenvalue weighted by Gasteiger charge is -2.35. The highest BCUT2D eigenvalue weighted by Crippen LogP contribution is 2.43. The number of likely N-dealkylation sites (tertiary alicyclic amines) is 1. The molecule has 19 nitrogen and oxygen atoms in total. The van der Waals surface area contributed by atoms with Gasteiger partial charge in [0.15, 0.2) is 0 Å². The van der Waals surface area contributed by atoms with Gasteiger partial charge in [0, 0.05) is 67.5 Å². The Morgan fingerprint density at radius 2 is 1.73 bits per heavy atom. The summed E-state index contributed by atoms with van der Waals surface area (Å²) in [6.45, 7) is 14.7. The number of rotatable bonds is 21. The number of carbonyl (C=O) groups is 4. The minimum absolute atomic E-state index is 0.00301. The van der Waals surface area contributed by atoms with E-state index in [0.29, 0.717) is 60.2 Å². The molecule has 3 atom stereocenters. The Labute approximate surface area is 440 Å². The van der Waals surface area contributed by atoms with Crippen molar-refractivity contribution in [1.82, 2.24) is 55.7 Å². The summed E-state index contributed by atoms with van der Waals surface area (Å²) in [7, 11) is 1.62. The van der Waals surface area contributed by atoms with Crippen molar-refractivity contribution < 1.29 is 33.5 Å². The predicted molar refractivity (Wildman–Crippen MR) is 288 cm³/mol. The number of amides is 4. The first-order valence-corrected chi connectivity index (χ1v) is 26.9. The molecule has 7 aromatic rings. The van der Waals surface area contributed by atoms with E-state index in [1.807, 2.05) is 95.1 Å². The van der Waals surface area contributed by atoms with E-state index in [9.17, 15) is 24.3 Å². The number of methoxy groups -OCH3 is 1. The number of benzene rings is 2. The Morgan fingerprint density at radius 1 is 0.973 bits per heavy atom. The lowest BCUT2D eigenvalue weighted by atomic mass is 9.85. The molecule has 2 aliphatic rings. The highest BCUT2D eigenvalue weighted by atomic mass is 32.1. The number of unbranched alkanes of at least 4 members (excludes halogenated alkanes) is 4. The van der Waals surface area contributed by atoms with Crippen LogP contribution in [0.15, 0.2) is 52.5 Å². The number of aliphatic hydroxyl groups is 1. The molecule has 0 spiro atoms. The molecule has 0 bridgehead atoms. The van der Waals surface area contributed by atoms with Crippen molar-refractivity contribution in [2.45, 2.75) is 143 Å². The number of fused-ring (bicyclic) bond motifs is 3. The van der Waals surface area contributed by atoms with Crippen LogP contribution in [0.2, 0.25) is 0 Å². The highest BCUT2D eigenvalue weighted by Gasteiger charge is 2.44. The van der Waals surface area contributed by atoms with Gasteiger partial charge < -0.3 is 45.5 Å². The maximum atomic E-state index is 14.1. The van der Waals surface area contributed by atoms with Crippen LogP contribution in [0.4, 0.5) is 11.6 Å². The van der Waals surface area contributed by atoms with Crippen molar-refractivity contribution >= 4 is 68.5 Å². The minimum Gasteiger partial charge on any atom is -0.496 e. The molecule has 0 unspecified atom stereocenters. The summed E-state index contributed by atoms with van der Waals surface area (Å²) in [4.78, 5) is 74.7. The molecule has 1 aliphatic heterocycles. The minimum atomic E-state index is -0.903. The van der Waals surface area contributed by atoms with Crippen LogP contribution in [-0.2, 0) is 27.5 Å². The van der Waals surface area contributed by atoms with Crippen LogP contribution < -0.4 is 26.0 Å². The molecule has 6 N–H and O–H groups in total. The van der Waals surface area contributed by atoms with Crippen LogP contribution in [-0.4, -0.2) is 107 Å². The zero-order chi connectivity index (χ0) is 53.1. The average Bonchev–Trinajstić information content (AvgIpc) is 3.67. The van der Waals surface area contributed by atoms with E-state index in [-0.39, 0.29) is 43.6 Å². The number of aromatic amines is 1. The molecular weight excluding hydrogens is 973 g/mol. The first-order chi connectivity index (χ1) is 36.0. The summed E-state index contributed by atoms with van der Waals surface area (Å²) in [6.07, 6.45) is 5.45. The summed E-state index contributed by atoms with van der Waals surface area (Å²) >= 11 is 1.58. The Balaban J connectivity index is 0.775. The maximum absolute atomic E-state index is 14.1. The summed E-state index contributed by atoms with van der Waals surface area (Å²) < 4.78 is 13.3. The Morgan fingerprint density at radius 3 is 2.41 bits per heavy atom. The van der Waals surface area contributed by atoms with Gasteiger partial charge in [0.25, 0.3) is 5.91 Å². The molecule has 75 heavy (non-hydrogen) atoms. The maximum Gasteiger partial charge on any atom is 0.289 e. The smallest absolute Gasteiger partial charge is 0.289 e. The Bertz CT molecular complexity index is 3200. The van der Waals surface area contributed by atoms with E-state index in [0.717, 1.165) is 93.0 Å². The molecule has 1 saturated carbocycles. The number of aryl methyl sites for hydroxylation is 4. The fourth-order valence-corrected chi connectivity index (χ4v) is 10.8. The average molecular weight is 1040 g/mol. The first kappa shape index (κ1) is 52.7. The van der Waals surface area contributed by atoms with E-state index in [2.05, 4.69) is 42.5 Å². The van der Waals surface area contributed by atoms with E-state index >= 15 is 0 Å². The third kappa shape index (κ3) is 11.7. The molecule has 2 fully saturated rings. The van der Waals surface area contributed by atoms with Gasteiger partial charge in [-0.2, -0.15) is 5.10 Å². The second-order valence-electron chi connectivity index (χ2n) is 20.9.